The van der Waals surface area contributed by atoms with Crippen LogP contribution in [0.3, 0.4) is 0 Å². The topological polar surface area (TPSA) is 197 Å². The van der Waals surface area contributed by atoms with Crippen molar-refractivity contribution in [2.45, 2.75) is 79.0 Å². The van der Waals surface area contributed by atoms with E-state index in [2.05, 4.69) is 20.9 Å². The number of imidazole rings is 1. The number of halogens is 1. The van der Waals surface area contributed by atoms with E-state index in [-0.39, 0.29) is 71.1 Å². The molecule has 47 heavy (non-hydrogen) atoms. The molecule has 0 N–H and O–H groups in total. The van der Waals surface area contributed by atoms with Crippen molar-refractivity contribution in [3.05, 3.63) is 61.4 Å². The number of aromatic nitrogens is 4. The number of aryl methyl sites for hydroxylation is 2. The molecule has 0 radical (unpaired) electrons. The fourth-order valence-electron chi connectivity index (χ4n) is 4.80. The summed E-state index contributed by atoms with van der Waals surface area (Å²) in [7, 11) is 0. The van der Waals surface area contributed by atoms with E-state index < -0.39 is 53.4 Å². The Labute approximate surface area is 271 Å². The van der Waals surface area contributed by atoms with Gasteiger partial charge in [-0.25, -0.2) is 14.6 Å². The van der Waals surface area contributed by atoms with Crippen molar-refractivity contribution in [3.8, 4) is 12.3 Å². The van der Waals surface area contributed by atoms with Crippen LogP contribution in [0.1, 0.15) is 63.4 Å². The van der Waals surface area contributed by atoms with E-state index in [0.717, 1.165) is 0 Å². The van der Waals surface area contributed by atoms with Crippen LogP contribution in [0.15, 0.2) is 38.6 Å². The maximum atomic E-state index is 12.7. The van der Waals surface area contributed by atoms with Gasteiger partial charge in [0.15, 0.2) is 28.2 Å². The molecule has 0 saturated carbocycles. The van der Waals surface area contributed by atoms with Crippen molar-refractivity contribution in [2.24, 2.45) is 16.8 Å². The first-order valence-corrected chi connectivity index (χ1v) is 15.0. The third-order valence-corrected chi connectivity index (χ3v) is 7.76. The fraction of sp³-hybridized carbons (Fsp3) is 0.500. The van der Waals surface area contributed by atoms with E-state index in [4.69, 9.17) is 49.9 Å². The van der Waals surface area contributed by atoms with Crippen LogP contribution in [0, 0.1) is 38.0 Å². The normalized spacial score (nSPS) is 20.0. The van der Waals surface area contributed by atoms with E-state index >= 15 is 0 Å². The monoisotopic (exact) mass is 673 g/mol. The highest BCUT2D eigenvalue weighted by atomic mass is 35.5. The van der Waals surface area contributed by atoms with Crippen LogP contribution in [0.2, 0.25) is 5.28 Å². The highest BCUT2D eigenvalue weighted by Gasteiger charge is 2.52. The fourth-order valence-corrected chi connectivity index (χ4v) is 5.02. The molecule has 1 aliphatic rings. The lowest BCUT2D eigenvalue weighted by molar-refractivity contribution is -0.170. The van der Waals surface area contributed by atoms with E-state index in [1.807, 2.05) is 0 Å². The molecule has 250 valence electrons. The lowest BCUT2D eigenvalue weighted by atomic mass is 9.98. The average Bonchev–Trinajstić information content (AvgIpc) is 3.75. The van der Waals surface area contributed by atoms with Gasteiger partial charge in [0, 0.05) is 6.42 Å². The Morgan fingerprint density at radius 1 is 1.09 bits per heavy atom. The zero-order chi connectivity index (χ0) is 34.2. The number of hydrogen-bond acceptors (Lipinski definition) is 14. The summed E-state index contributed by atoms with van der Waals surface area (Å²) in [5, 5.41) is -0.0959. The van der Waals surface area contributed by atoms with Crippen molar-refractivity contribution in [2.75, 3.05) is 6.61 Å². The van der Waals surface area contributed by atoms with Crippen LogP contribution in [0.25, 0.3) is 11.2 Å². The van der Waals surface area contributed by atoms with Gasteiger partial charge >= 0.3 is 23.6 Å². The molecule has 0 bridgehead atoms. The van der Waals surface area contributed by atoms with Crippen molar-refractivity contribution >= 4 is 34.7 Å². The number of esters is 2. The number of terminal acetylenes is 1. The van der Waals surface area contributed by atoms with Gasteiger partial charge in [-0.1, -0.05) is 33.6 Å². The number of fused-ring (bicyclic) bond motifs is 1. The SMILES string of the molecule is C#C[C@]1(COC(=O)C(C)C)O[C@@H](n2cnc3c(=NCc4oc(=O)oc4C)n(Cc4oc(=O)oc4C)c(Cl)nc32)C[C@@H]1OC(=O)C(C)C. The summed E-state index contributed by atoms with van der Waals surface area (Å²) >= 11 is 6.71. The molecule has 0 amide bonds. The first-order valence-electron chi connectivity index (χ1n) is 14.6. The van der Waals surface area contributed by atoms with Gasteiger partial charge in [-0.2, -0.15) is 4.98 Å². The summed E-state index contributed by atoms with van der Waals surface area (Å²) < 4.78 is 40.7. The average molecular weight is 674 g/mol. The molecule has 3 atom stereocenters. The second kappa shape index (κ2) is 13.1. The maximum absolute atomic E-state index is 12.7. The molecule has 1 saturated heterocycles. The minimum absolute atomic E-state index is 0.0484. The minimum atomic E-state index is -1.63. The Hall–Kier alpha value is -4.88. The van der Waals surface area contributed by atoms with Gasteiger partial charge in [0.1, 0.15) is 37.0 Å². The van der Waals surface area contributed by atoms with Crippen LogP contribution in [-0.2, 0) is 36.9 Å². The quantitative estimate of drug-likeness (QED) is 0.135. The molecule has 0 aliphatic carbocycles. The lowest BCUT2D eigenvalue weighted by Gasteiger charge is -2.29. The molecule has 1 fully saturated rings. The minimum Gasteiger partial charge on any atom is -0.461 e. The molecular formula is C30H32ClN5O11. The third-order valence-electron chi connectivity index (χ3n) is 7.47. The summed E-state index contributed by atoms with van der Waals surface area (Å²) in [5.41, 5.74) is -1.04. The molecule has 4 aromatic rings. The Bertz CT molecular complexity index is 2050. The van der Waals surface area contributed by atoms with Gasteiger partial charge < -0.3 is 31.9 Å². The van der Waals surface area contributed by atoms with Gasteiger partial charge in [-0.15, -0.1) is 6.42 Å². The second-order valence-corrected chi connectivity index (χ2v) is 11.8. The predicted octanol–water partition coefficient (Wildman–Crippen LogP) is 2.80. The number of carbonyl (C=O) groups is 2. The molecule has 5 heterocycles. The van der Waals surface area contributed by atoms with E-state index in [1.165, 1.54) is 15.5 Å². The predicted molar refractivity (Wildman–Crippen MR) is 160 cm³/mol. The zero-order valence-corrected chi connectivity index (χ0v) is 27.2. The number of carbonyl (C=O) groups excluding carboxylic acids is 2. The van der Waals surface area contributed by atoms with Crippen molar-refractivity contribution in [3.63, 3.8) is 0 Å². The van der Waals surface area contributed by atoms with E-state index in [9.17, 15) is 19.2 Å². The highest BCUT2D eigenvalue weighted by Crippen LogP contribution is 2.40. The summed E-state index contributed by atoms with van der Waals surface area (Å²) in [5.74, 6) is -0.396. The van der Waals surface area contributed by atoms with Crippen molar-refractivity contribution < 1.29 is 41.5 Å². The number of nitrogens with zero attached hydrogens (tertiary/aromatic N) is 5. The smallest absolute Gasteiger partial charge is 0.461 e. The van der Waals surface area contributed by atoms with Gasteiger partial charge in [-0.3, -0.25) is 23.7 Å². The molecule has 16 nitrogen and oxygen atoms in total. The van der Waals surface area contributed by atoms with E-state index in [1.54, 1.807) is 41.5 Å². The van der Waals surface area contributed by atoms with Crippen LogP contribution in [0.4, 0.5) is 0 Å². The van der Waals surface area contributed by atoms with Crippen LogP contribution < -0.4 is 17.1 Å². The summed E-state index contributed by atoms with van der Waals surface area (Å²) in [4.78, 5) is 62.1. The third kappa shape index (κ3) is 6.67. The van der Waals surface area contributed by atoms with E-state index in [0.29, 0.717) is 0 Å². The van der Waals surface area contributed by atoms with Gasteiger partial charge in [-0.05, 0) is 25.4 Å². The summed E-state index contributed by atoms with van der Waals surface area (Å²) in [6, 6.07) is 0. The summed E-state index contributed by atoms with van der Waals surface area (Å²) in [6.07, 6.45) is 5.51. The lowest BCUT2D eigenvalue weighted by Crippen LogP contribution is -2.46. The molecule has 0 aromatic carbocycles. The van der Waals surface area contributed by atoms with Crippen LogP contribution >= 0.6 is 11.6 Å². The van der Waals surface area contributed by atoms with Gasteiger partial charge in [0.2, 0.25) is 10.9 Å². The molecule has 17 heteroatoms. The molecule has 1 aliphatic heterocycles. The maximum Gasteiger partial charge on any atom is 0.519 e. The second-order valence-electron chi connectivity index (χ2n) is 11.5. The Morgan fingerprint density at radius 2 is 1.72 bits per heavy atom. The molecule has 0 unspecified atom stereocenters. The number of rotatable bonds is 10. The van der Waals surface area contributed by atoms with Gasteiger partial charge in [0.05, 0.1) is 24.7 Å². The largest absolute Gasteiger partial charge is 0.519 e. The first kappa shape index (κ1) is 33.5. The zero-order valence-electron chi connectivity index (χ0n) is 26.4. The van der Waals surface area contributed by atoms with Crippen LogP contribution in [0.5, 0.6) is 0 Å². The molecule has 0 spiro atoms. The Balaban J connectivity index is 1.61. The number of ether oxygens (including phenoxy) is 3. The standard InChI is InChI=1S/C30H32ClN5O11/c1-8-30(12-41-25(37)14(2)3)20(46-26(38)15(4)5)9-21(47-30)36-13-33-22-23(32-10-18-16(6)42-28(39)44-18)35(27(31)34-24(22)36)11-19-17(7)43-29(40)45-19/h1,13-15,20-21H,9-12H2,2-7H3/t20-,21+,30+/m0/s1. The molecule has 5 rings (SSSR count). The Morgan fingerprint density at radius 3 is 2.30 bits per heavy atom. The molecule has 4 aromatic heterocycles. The highest BCUT2D eigenvalue weighted by molar-refractivity contribution is 6.28. The van der Waals surface area contributed by atoms with Crippen LogP contribution in [-0.4, -0.2) is 49.4 Å². The van der Waals surface area contributed by atoms with Crippen molar-refractivity contribution in [1.82, 2.24) is 19.1 Å². The Kier molecular flexibility index (Phi) is 9.32. The van der Waals surface area contributed by atoms with Crippen molar-refractivity contribution in [1.29, 1.82) is 0 Å². The summed E-state index contributed by atoms with van der Waals surface area (Å²) in [6.45, 7) is 9.14. The first-order chi connectivity index (χ1) is 22.2. The van der Waals surface area contributed by atoms with Gasteiger partial charge in [0.25, 0.3) is 0 Å². The molecular weight excluding hydrogens is 642 g/mol. The number of hydrogen-bond donors (Lipinski definition) is 0.